The zero-order chi connectivity index (χ0) is 14.8. The number of fused-ring (bicyclic) bond motifs is 1. The van der Waals surface area contributed by atoms with Gasteiger partial charge in [0.2, 0.25) is 0 Å². The standard InChI is InChI=1S/C14H18BrN5O.HI/c1-10-7-19(4-5-21-10)14(16)17-6-12-9-20-8-11(15)2-3-13(20)18-12;/h2-3,8-10H,4-7H2,1H3,(H2,16,17);1H. The SMILES string of the molecule is CC1CN(C(N)=NCc2cn3cc(Br)ccc3n2)CCO1.I. The number of aliphatic imine (C=N–C) groups is 1. The molecule has 1 atom stereocenters. The third-order valence-electron chi connectivity index (χ3n) is 3.43. The van der Waals surface area contributed by atoms with Gasteiger partial charge in [-0.1, -0.05) is 0 Å². The number of hydrogen-bond acceptors (Lipinski definition) is 3. The summed E-state index contributed by atoms with van der Waals surface area (Å²) in [6.07, 6.45) is 4.14. The molecular formula is C14H19BrIN5O. The number of morpholine rings is 1. The maximum absolute atomic E-state index is 6.06. The number of aromatic nitrogens is 2. The van der Waals surface area contributed by atoms with Crippen LogP contribution < -0.4 is 5.73 Å². The predicted molar refractivity (Wildman–Crippen MR) is 101 cm³/mol. The number of ether oxygens (including phenoxy) is 1. The molecule has 3 rings (SSSR count). The smallest absolute Gasteiger partial charge is 0.191 e. The Labute approximate surface area is 154 Å². The Kier molecular flexibility index (Phi) is 6.04. The van der Waals surface area contributed by atoms with Gasteiger partial charge in [0.15, 0.2) is 5.96 Å². The van der Waals surface area contributed by atoms with Crippen molar-refractivity contribution in [2.24, 2.45) is 10.7 Å². The topological polar surface area (TPSA) is 68.2 Å². The highest BCUT2D eigenvalue weighted by Gasteiger charge is 2.17. The van der Waals surface area contributed by atoms with E-state index in [2.05, 4.69) is 30.8 Å². The van der Waals surface area contributed by atoms with E-state index < -0.39 is 0 Å². The van der Waals surface area contributed by atoms with Crippen molar-refractivity contribution in [2.75, 3.05) is 19.7 Å². The second-order valence-corrected chi connectivity index (χ2v) is 6.06. The molecule has 1 aliphatic heterocycles. The van der Waals surface area contributed by atoms with Gasteiger partial charge in [-0.2, -0.15) is 0 Å². The number of nitrogens with two attached hydrogens (primary N) is 1. The van der Waals surface area contributed by atoms with Crippen molar-refractivity contribution < 1.29 is 4.74 Å². The zero-order valence-electron chi connectivity index (χ0n) is 12.3. The van der Waals surface area contributed by atoms with E-state index in [9.17, 15) is 0 Å². The van der Waals surface area contributed by atoms with Crippen LogP contribution in [-0.4, -0.2) is 46.0 Å². The van der Waals surface area contributed by atoms with Crippen molar-refractivity contribution >= 4 is 51.5 Å². The van der Waals surface area contributed by atoms with Gasteiger partial charge in [0, 0.05) is 30.0 Å². The van der Waals surface area contributed by atoms with Gasteiger partial charge in [-0.05, 0) is 35.0 Å². The highest BCUT2D eigenvalue weighted by molar-refractivity contribution is 14.0. The van der Waals surface area contributed by atoms with Gasteiger partial charge in [0.1, 0.15) is 5.65 Å². The van der Waals surface area contributed by atoms with E-state index in [1.54, 1.807) is 0 Å². The number of nitrogens with zero attached hydrogens (tertiary/aromatic N) is 4. The molecule has 0 radical (unpaired) electrons. The van der Waals surface area contributed by atoms with Crippen LogP contribution in [0, 0.1) is 0 Å². The molecule has 2 aromatic rings. The monoisotopic (exact) mass is 479 g/mol. The molecule has 120 valence electrons. The van der Waals surface area contributed by atoms with Crippen molar-refractivity contribution in [3.05, 3.63) is 34.7 Å². The number of hydrogen-bond donors (Lipinski definition) is 1. The zero-order valence-corrected chi connectivity index (χ0v) is 16.2. The van der Waals surface area contributed by atoms with Crippen LogP contribution in [0.5, 0.6) is 0 Å². The van der Waals surface area contributed by atoms with E-state index in [0.717, 1.165) is 28.9 Å². The highest BCUT2D eigenvalue weighted by atomic mass is 127. The predicted octanol–water partition coefficient (Wildman–Crippen LogP) is 2.25. The average molecular weight is 480 g/mol. The number of rotatable bonds is 2. The van der Waals surface area contributed by atoms with Crippen LogP contribution in [0.3, 0.4) is 0 Å². The number of halogens is 2. The number of imidazole rings is 1. The van der Waals surface area contributed by atoms with Gasteiger partial charge in [0.25, 0.3) is 0 Å². The molecule has 2 N–H and O–H groups in total. The lowest BCUT2D eigenvalue weighted by Crippen LogP contribution is -2.47. The fourth-order valence-corrected chi connectivity index (χ4v) is 2.73. The van der Waals surface area contributed by atoms with Crippen LogP contribution in [0.25, 0.3) is 5.65 Å². The molecule has 0 spiro atoms. The Bertz CT molecular complexity index is 674. The van der Waals surface area contributed by atoms with E-state index in [1.165, 1.54) is 0 Å². The first-order valence-corrected chi connectivity index (χ1v) is 7.71. The van der Waals surface area contributed by atoms with Crippen molar-refractivity contribution in [1.82, 2.24) is 14.3 Å². The van der Waals surface area contributed by atoms with E-state index in [-0.39, 0.29) is 30.1 Å². The van der Waals surface area contributed by atoms with Gasteiger partial charge >= 0.3 is 0 Å². The average Bonchev–Trinajstić information content (AvgIpc) is 2.86. The van der Waals surface area contributed by atoms with Crippen LogP contribution in [-0.2, 0) is 11.3 Å². The molecule has 3 heterocycles. The minimum Gasteiger partial charge on any atom is -0.375 e. The summed E-state index contributed by atoms with van der Waals surface area (Å²) in [5.74, 6) is 0.559. The summed E-state index contributed by atoms with van der Waals surface area (Å²) in [4.78, 5) is 11.0. The third kappa shape index (κ3) is 4.11. The molecule has 6 nitrogen and oxygen atoms in total. The maximum Gasteiger partial charge on any atom is 0.191 e. The lowest BCUT2D eigenvalue weighted by atomic mass is 10.3. The molecule has 0 saturated carbocycles. The fourth-order valence-electron chi connectivity index (χ4n) is 2.38. The molecule has 1 unspecified atom stereocenters. The van der Waals surface area contributed by atoms with E-state index >= 15 is 0 Å². The van der Waals surface area contributed by atoms with Crippen molar-refractivity contribution in [3.8, 4) is 0 Å². The summed E-state index contributed by atoms with van der Waals surface area (Å²) in [6.45, 7) is 4.79. The van der Waals surface area contributed by atoms with Gasteiger partial charge in [-0.3, -0.25) is 0 Å². The van der Waals surface area contributed by atoms with Crippen LogP contribution in [0.15, 0.2) is 34.0 Å². The normalized spacial score (nSPS) is 19.3. The largest absolute Gasteiger partial charge is 0.375 e. The molecular weight excluding hydrogens is 461 g/mol. The number of guanidine groups is 1. The Morgan fingerprint density at radius 2 is 2.32 bits per heavy atom. The van der Waals surface area contributed by atoms with Gasteiger partial charge < -0.3 is 19.8 Å². The minimum atomic E-state index is 0. The van der Waals surface area contributed by atoms with Crippen LogP contribution in [0.4, 0.5) is 0 Å². The van der Waals surface area contributed by atoms with Gasteiger partial charge in [0.05, 0.1) is 24.9 Å². The molecule has 1 saturated heterocycles. The molecule has 1 aliphatic rings. The second-order valence-electron chi connectivity index (χ2n) is 5.15. The van der Waals surface area contributed by atoms with E-state index in [4.69, 9.17) is 10.5 Å². The maximum atomic E-state index is 6.06. The van der Waals surface area contributed by atoms with Crippen molar-refractivity contribution in [1.29, 1.82) is 0 Å². The number of pyridine rings is 1. The van der Waals surface area contributed by atoms with E-state index in [0.29, 0.717) is 19.1 Å². The van der Waals surface area contributed by atoms with Crippen molar-refractivity contribution in [2.45, 2.75) is 19.6 Å². The summed E-state index contributed by atoms with van der Waals surface area (Å²) < 4.78 is 8.49. The summed E-state index contributed by atoms with van der Waals surface area (Å²) in [5.41, 5.74) is 7.86. The van der Waals surface area contributed by atoms with Crippen LogP contribution in [0.1, 0.15) is 12.6 Å². The van der Waals surface area contributed by atoms with Gasteiger partial charge in [-0.15, -0.1) is 24.0 Å². The first-order chi connectivity index (χ1) is 10.1. The van der Waals surface area contributed by atoms with Crippen LogP contribution >= 0.6 is 39.9 Å². The van der Waals surface area contributed by atoms with E-state index in [1.807, 2.05) is 35.9 Å². The summed E-state index contributed by atoms with van der Waals surface area (Å²) in [6, 6.07) is 3.93. The molecule has 0 aliphatic carbocycles. The Morgan fingerprint density at radius 3 is 3.09 bits per heavy atom. The van der Waals surface area contributed by atoms with Crippen molar-refractivity contribution in [3.63, 3.8) is 0 Å². The first kappa shape index (κ1) is 17.5. The minimum absolute atomic E-state index is 0. The molecule has 22 heavy (non-hydrogen) atoms. The lowest BCUT2D eigenvalue weighted by Gasteiger charge is -2.31. The van der Waals surface area contributed by atoms with Crippen LogP contribution in [0.2, 0.25) is 0 Å². The molecule has 2 aromatic heterocycles. The highest BCUT2D eigenvalue weighted by Crippen LogP contribution is 2.13. The molecule has 0 aromatic carbocycles. The Balaban J connectivity index is 0.00000176. The fraction of sp³-hybridized carbons (Fsp3) is 0.429. The van der Waals surface area contributed by atoms with Gasteiger partial charge in [-0.25, -0.2) is 9.98 Å². The third-order valence-corrected chi connectivity index (χ3v) is 3.90. The molecule has 0 bridgehead atoms. The molecule has 8 heteroatoms. The molecule has 0 amide bonds. The summed E-state index contributed by atoms with van der Waals surface area (Å²) in [7, 11) is 0. The lowest BCUT2D eigenvalue weighted by molar-refractivity contribution is 0.00528. The second kappa shape index (κ2) is 7.60. The first-order valence-electron chi connectivity index (χ1n) is 6.91. The Hall–Kier alpha value is -0.870. The quantitative estimate of drug-likeness (QED) is 0.407. The summed E-state index contributed by atoms with van der Waals surface area (Å²) >= 11 is 3.45. The summed E-state index contributed by atoms with van der Waals surface area (Å²) in [5, 5.41) is 0. The Morgan fingerprint density at radius 1 is 1.50 bits per heavy atom. The molecule has 1 fully saturated rings.